The van der Waals surface area contributed by atoms with Gasteiger partial charge in [-0.1, -0.05) is 42.5 Å². The van der Waals surface area contributed by atoms with Crippen LogP contribution in [0, 0.1) is 0 Å². The van der Waals surface area contributed by atoms with Crippen LogP contribution in [0.2, 0.25) is 0 Å². The molecule has 0 fully saturated rings. The van der Waals surface area contributed by atoms with E-state index < -0.39 is 0 Å². The highest BCUT2D eigenvalue weighted by Gasteiger charge is 2.12. The number of anilines is 1. The first kappa shape index (κ1) is 16.8. The minimum Gasteiger partial charge on any atom is -0.497 e. The Morgan fingerprint density at radius 2 is 1.48 bits per heavy atom. The number of hydrogen-bond donors (Lipinski definition) is 1. The van der Waals surface area contributed by atoms with E-state index in [0.717, 1.165) is 39.5 Å². The van der Waals surface area contributed by atoms with Crippen molar-refractivity contribution in [2.75, 3.05) is 12.8 Å². The molecule has 134 valence electrons. The average molecular weight is 356 g/mol. The van der Waals surface area contributed by atoms with Gasteiger partial charge in [0.1, 0.15) is 5.75 Å². The number of hydrogen-bond acceptors (Lipinski definition) is 4. The minimum absolute atomic E-state index is 0.667. The lowest BCUT2D eigenvalue weighted by Crippen LogP contribution is -1.94. The second-order valence-corrected chi connectivity index (χ2v) is 6.32. The van der Waals surface area contributed by atoms with Crippen molar-refractivity contribution in [1.82, 2.24) is 14.8 Å². The third-order valence-electron chi connectivity index (χ3n) is 4.43. The summed E-state index contributed by atoms with van der Waals surface area (Å²) in [4.78, 5) is 4.75. The number of ether oxygens (including phenoxy) is 1. The summed E-state index contributed by atoms with van der Waals surface area (Å²) in [5.41, 5.74) is 10.8. The summed E-state index contributed by atoms with van der Waals surface area (Å²) in [6, 6.07) is 23.8. The Kier molecular flexibility index (Phi) is 4.34. The van der Waals surface area contributed by atoms with E-state index in [1.807, 2.05) is 67.7 Å². The highest BCUT2D eigenvalue weighted by atomic mass is 16.5. The Labute approximate surface area is 158 Å². The SMILES string of the molecule is COc1cccc(-c2nc(-c3cccc(-c4cccc(N)c4)c3)n(C)n2)c1. The molecule has 0 saturated carbocycles. The van der Waals surface area contributed by atoms with E-state index in [9.17, 15) is 0 Å². The van der Waals surface area contributed by atoms with Gasteiger partial charge in [0.25, 0.3) is 0 Å². The van der Waals surface area contributed by atoms with E-state index in [1.165, 1.54) is 0 Å². The van der Waals surface area contributed by atoms with E-state index in [2.05, 4.69) is 17.2 Å². The van der Waals surface area contributed by atoms with Crippen molar-refractivity contribution in [1.29, 1.82) is 0 Å². The molecule has 3 aromatic carbocycles. The standard InChI is InChI=1S/C22H20N4O/c1-26-22(24-21(25-26)17-8-5-11-20(14-17)27-2)18-9-3-6-15(12-18)16-7-4-10-19(23)13-16/h3-14H,23H2,1-2H3. The molecule has 0 aliphatic rings. The highest BCUT2D eigenvalue weighted by Crippen LogP contribution is 2.28. The second-order valence-electron chi connectivity index (χ2n) is 6.32. The fourth-order valence-electron chi connectivity index (χ4n) is 3.08. The number of aromatic nitrogens is 3. The van der Waals surface area contributed by atoms with Gasteiger partial charge in [-0.2, -0.15) is 5.10 Å². The van der Waals surface area contributed by atoms with E-state index >= 15 is 0 Å². The van der Waals surface area contributed by atoms with Gasteiger partial charge in [0.15, 0.2) is 11.6 Å². The summed E-state index contributed by atoms with van der Waals surface area (Å²) in [6.07, 6.45) is 0. The first-order chi connectivity index (χ1) is 13.1. The number of benzene rings is 3. The van der Waals surface area contributed by atoms with Crippen molar-refractivity contribution in [3.63, 3.8) is 0 Å². The molecule has 0 aliphatic heterocycles. The van der Waals surface area contributed by atoms with Gasteiger partial charge in [-0.25, -0.2) is 9.67 Å². The van der Waals surface area contributed by atoms with Gasteiger partial charge in [0, 0.05) is 23.9 Å². The zero-order valence-corrected chi connectivity index (χ0v) is 15.3. The second kappa shape index (κ2) is 6.96. The van der Waals surface area contributed by atoms with Crippen LogP contribution in [0.5, 0.6) is 5.75 Å². The molecule has 0 atom stereocenters. The Balaban J connectivity index is 1.74. The molecule has 0 saturated heterocycles. The summed E-state index contributed by atoms with van der Waals surface area (Å²) in [6.45, 7) is 0. The van der Waals surface area contributed by atoms with Crippen LogP contribution in [0.15, 0.2) is 72.8 Å². The molecule has 2 N–H and O–H groups in total. The lowest BCUT2D eigenvalue weighted by atomic mass is 10.0. The van der Waals surface area contributed by atoms with Gasteiger partial charge >= 0.3 is 0 Å². The van der Waals surface area contributed by atoms with Crippen molar-refractivity contribution in [2.24, 2.45) is 7.05 Å². The maximum atomic E-state index is 5.92. The first-order valence-corrected chi connectivity index (χ1v) is 8.66. The molecule has 1 aromatic heterocycles. The minimum atomic E-state index is 0.667. The smallest absolute Gasteiger partial charge is 0.181 e. The third kappa shape index (κ3) is 3.40. The molecule has 27 heavy (non-hydrogen) atoms. The van der Waals surface area contributed by atoms with Crippen LogP contribution < -0.4 is 10.5 Å². The maximum absolute atomic E-state index is 5.92. The lowest BCUT2D eigenvalue weighted by molar-refractivity contribution is 0.415. The van der Waals surface area contributed by atoms with Crippen LogP contribution in [-0.2, 0) is 7.05 Å². The molecule has 0 amide bonds. The highest BCUT2D eigenvalue weighted by molar-refractivity contribution is 5.73. The summed E-state index contributed by atoms with van der Waals surface area (Å²) in [7, 11) is 3.55. The summed E-state index contributed by atoms with van der Waals surface area (Å²) in [5, 5.41) is 4.58. The molecule has 0 spiro atoms. The quantitative estimate of drug-likeness (QED) is 0.550. The fraction of sp³-hybridized carbons (Fsp3) is 0.0909. The van der Waals surface area contributed by atoms with Crippen LogP contribution in [0.25, 0.3) is 33.9 Å². The summed E-state index contributed by atoms with van der Waals surface area (Å²) < 4.78 is 7.10. The van der Waals surface area contributed by atoms with E-state index in [4.69, 9.17) is 15.5 Å². The number of nitrogens with two attached hydrogens (primary N) is 1. The van der Waals surface area contributed by atoms with Crippen LogP contribution in [0.3, 0.4) is 0 Å². The number of methoxy groups -OCH3 is 1. The molecule has 4 aromatic rings. The zero-order chi connectivity index (χ0) is 18.8. The first-order valence-electron chi connectivity index (χ1n) is 8.66. The predicted molar refractivity (Wildman–Crippen MR) is 108 cm³/mol. The van der Waals surface area contributed by atoms with Crippen molar-refractivity contribution in [2.45, 2.75) is 0 Å². The normalized spacial score (nSPS) is 10.7. The summed E-state index contributed by atoms with van der Waals surface area (Å²) >= 11 is 0. The van der Waals surface area contributed by atoms with Crippen LogP contribution >= 0.6 is 0 Å². The fourth-order valence-corrected chi connectivity index (χ4v) is 3.08. The molecule has 4 rings (SSSR count). The summed E-state index contributed by atoms with van der Waals surface area (Å²) in [5.74, 6) is 2.25. The number of nitrogens with zero attached hydrogens (tertiary/aromatic N) is 3. The van der Waals surface area contributed by atoms with Crippen LogP contribution in [-0.4, -0.2) is 21.9 Å². The third-order valence-corrected chi connectivity index (χ3v) is 4.43. The number of rotatable bonds is 4. The molecule has 0 aliphatic carbocycles. The molecular formula is C22H20N4O. The van der Waals surface area contributed by atoms with Crippen molar-refractivity contribution < 1.29 is 4.74 Å². The van der Waals surface area contributed by atoms with E-state index in [0.29, 0.717) is 5.82 Å². The Bertz CT molecular complexity index is 1100. The molecule has 5 nitrogen and oxygen atoms in total. The van der Waals surface area contributed by atoms with Gasteiger partial charge in [-0.05, 0) is 41.5 Å². The molecule has 5 heteroatoms. The molecule has 0 bridgehead atoms. The average Bonchev–Trinajstić information content (AvgIpc) is 3.10. The van der Waals surface area contributed by atoms with Gasteiger partial charge < -0.3 is 10.5 Å². The van der Waals surface area contributed by atoms with Crippen LogP contribution in [0.4, 0.5) is 5.69 Å². The molecular weight excluding hydrogens is 336 g/mol. The van der Waals surface area contributed by atoms with Crippen molar-refractivity contribution in [3.05, 3.63) is 72.8 Å². The zero-order valence-electron chi connectivity index (χ0n) is 15.3. The van der Waals surface area contributed by atoms with E-state index in [1.54, 1.807) is 11.8 Å². The molecule has 0 unspecified atom stereocenters. The predicted octanol–water partition coefficient (Wildman–Crippen LogP) is 4.41. The Morgan fingerprint density at radius 1 is 0.815 bits per heavy atom. The number of nitrogen functional groups attached to an aromatic ring is 1. The topological polar surface area (TPSA) is 66.0 Å². The van der Waals surface area contributed by atoms with E-state index in [-0.39, 0.29) is 0 Å². The maximum Gasteiger partial charge on any atom is 0.181 e. The van der Waals surface area contributed by atoms with Crippen LogP contribution in [0.1, 0.15) is 0 Å². The molecule has 1 heterocycles. The molecule has 0 radical (unpaired) electrons. The largest absolute Gasteiger partial charge is 0.497 e. The number of aryl methyl sites for hydroxylation is 1. The van der Waals surface area contributed by atoms with Gasteiger partial charge in [0.05, 0.1) is 7.11 Å². The Hall–Kier alpha value is -3.60. The van der Waals surface area contributed by atoms with Gasteiger partial charge in [0.2, 0.25) is 0 Å². The van der Waals surface area contributed by atoms with Gasteiger partial charge in [-0.3, -0.25) is 0 Å². The van der Waals surface area contributed by atoms with Crippen molar-refractivity contribution in [3.8, 4) is 39.7 Å². The lowest BCUT2D eigenvalue weighted by Gasteiger charge is -2.06. The monoisotopic (exact) mass is 356 g/mol. The Morgan fingerprint density at radius 3 is 2.26 bits per heavy atom. The van der Waals surface area contributed by atoms with Gasteiger partial charge in [-0.15, -0.1) is 0 Å². The van der Waals surface area contributed by atoms with Crippen molar-refractivity contribution >= 4 is 5.69 Å².